The van der Waals surface area contributed by atoms with Crippen LogP contribution in [-0.2, 0) is 6.18 Å². The summed E-state index contributed by atoms with van der Waals surface area (Å²) < 4.78 is 44.3. The van der Waals surface area contributed by atoms with Gasteiger partial charge in [0.2, 0.25) is 0 Å². The van der Waals surface area contributed by atoms with Crippen LogP contribution in [0.3, 0.4) is 0 Å². The number of alkyl halides is 3. The van der Waals surface area contributed by atoms with Gasteiger partial charge < -0.3 is 10.5 Å². The lowest BCUT2D eigenvalue weighted by Crippen LogP contribution is -2.08. The average molecular weight is 309 g/mol. The maximum atomic E-state index is 12.9. The van der Waals surface area contributed by atoms with Gasteiger partial charge in [-0.3, -0.25) is 0 Å². The molecule has 2 aromatic carbocycles. The molecule has 22 heavy (non-hydrogen) atoms. The van der Waals surface area contributed by atoms with E-state index in [1.807, 2.05) is 39.0 Å². The molecule has 0 spiro atoms. The van der Waals surface area contributed by atoms with Gasteiger partial charge in [0.25, 0.3) is 0 Å². The Hall–Kier alpha value is -2.17. The standard InChI is InChI=1S/C17H18F3NO/c1-10(2)12-5-4-11(3)16(8-12)22-13-6-7-15(21)14(9-13)17(18,19)20/h4-10H,21H2,1-3H3. The van der Waals surface area contributed by atoms with E-state index in [0.717, 1.165) is 17.2 Å². The van der Waals surface area contributed by atoms with Crippen LogP contribution in [0, 0.1) is 6.92 Å². The summed E-state index contributed by atoms with van der Waals surface area (Å²) in [5.74, 6) is 0.967. The highest BCUT2D eigenvalue weighted by Crippen LogP contribution is 2.37. The Morgan fingerprint density at radius 3 is 2.32 bits per heavy atom. The first-order valence-electron chi connectivity index (χ1n) is 6.93. The van der Waals surface area contributed by atoms with E-state index in [1.165, 1.54) is 12.1 Å². The van der Waals surface area contributed by atoms with E-state index >= 15 is 0 Å². The van der Waals surface area contributed by atoms with Crippen LogP contribution in [-0.4, -0.2) is 0 Å². The summed E-state index contributed by atoms with van der Waals surface area (Å²) in [6.07, 6.45) is -4.50. The van der Waals surface area contributed by atoms with Gasteiger partial charge >= 0.3 is 6.18 Å². The first kappa shape index (κ1) is 16.2. The maximum Gasteiger partial charge on any atom is 0.418 e. The molecule has 118 valence electrons. The Kier molecular flexibility index (Phi) is 4.35. The summed E-state index contributed by atoms with van der Waals surface area (Å²) in [6, 6.07) is 9.30. The van der Waals surface area contributed by atoms with Crippen LogP contribution in [0.1, 0.15) is 36.5 Å². The molecule has 2 N–H and O–H groups in total. The Bertz CT molecular complexity index is 678. The van der Waals surface area contributed by atoms with Gasteiger partial charge in [0.1, 0.15) is 11.5 Å². The highest BCUT2D eigenvalue weighted by Gasteiger charge is 2.33. The third kappa shape index (κ3) is 3.53. The molecule has 0 aliphatic carbocycles. The lowest BCUT2D eigenvalue weighted by Gasteiger charge is -2.15. The van der Waals surface area contributed by atoms with E-state index in [9.17, 15) is 13.2 Å². The molecule has 5 heteroatoms. The highest BCUT2D eigenvalue weighted by atomic mass is 19.4. The van der Waals surface area contributed by atoms with E-state index in [2.05, 4.69) is 0 Å². The molecule has 0 bridgehead atoms. The average Bonchev–Trinajstić information content (AvgIpc) is 2.41. The van der Waals surface area contributed by atoms with E-state index in [0.29, 0.717) is 11.7 Å². The molecule has 0 heterocycles. The monoisotopic (exact) mass is 309 g/mol. The van der Waals surface area contributed by atoms with Crippen LogP contribution >= 0.6 is 0 Å². The van der Waals surface area contributed by atoms with Crippen LogP contribution in [0.25, 0.3) is 0 Å². The first-order chi connectivity index (χ1) is 10.2. The molecule has 0 unspecified atom stereocenters. The molecular formula is C17H18F3NO. The molecule has 0 aliphatic heterocycles. The number of benzene rings is 2. The topological polar surface area (TPSA) is 35.2 Å². The molecule has 0 aliphatic rings. The molecule has 0 saturated carbocycles. The van der Waals surface area contributed by atoms with Gasteiger partial charge in [0.05, 0.1) is 5.56 Å². The van der Waals surface area contributed by atoms with Crippen molar-refractivity contribution in [2.75, 3.05) is 5.73 Å². The Labute approximate surface area is 127 Å². The van der Waals surface area contributed by atoms with Crippen LogP contribution in [0.4, 0.5) is 18.9 Å². The molecule has 0 aromatic heterocycles. The zero-order valence-electron chi connectivity index (χ0n) is 12.7. The van der Waals surface area contributed by atoms with Crippen molar-refractivity contribution in [3.63, 3.8) is 0 Å². The predicted octanol–water partition coefficient (Wildman–Crippen LogP) is 5.51. The molecule has 0 saturated heterocycles. The summed E-state index contributed by atoms with van der Waals surface area (Å²) in [5.41, 5.74) is 6.11. The lowest BCUT2D eigenvalue weighted by atomic mass is 10.0. The summed E-state index contributed by atoms with van der Waals surface area (Å²) in [4.78, 5) is 0. The van der Waals surface area contributed by atoms with Crippen molar-refractivity contribution in [2.45, 2.75) is 32.9 Å². The van der Waals surface area contributed by atoms with Gasteiger partial charge in [0, 0.05) is 5.69 Å². The quantitative estimate of drug-likeness (QED) is 0.758. The minimum atomic E-state index is -4.50. The van der Waals surface area contributed by atoms with Gasteiger partial charge in [-0.05, 0) is 48.2 Å². The number of aryl methyl sites for hydroxylation is 1. The van der Waals surface area contributed by atoms with Crippen molar-refractivity contribution in [2.24, 2.45) is 0 Å². The Morgan fingerprint density at radius 2 is 1.73 bits per heavy atom. The van der Waals surface area contributed by atoms with Crippen LogP contribution in [0.5, 0.6) is 11.5 Å². The second-order valence-corrected chi connectivity index (χ2v) is 5.53. The normalized spacial score (nSPS) is 11.8. The molecule has 0 amide bonds. The smallest absolute Gasteiger partial charge is 0.418 e. The van der Waals surface area contributed by atoms with Crippen molar-refractivity contribution >= 4 is 5.69 Å². The number of nitrogens with two attached hydrogens (primary N) is 1. The second kappa shape index (κ2) is 5.91. The zero-order valence-corrected chi connectivity index (χ0v) is 12.7. The fourth-order valence-electron chi connectivity index (χ4n) is 2.06. The van der Waals surface area contributed by atoms with E-state index in [1.54, 1.807) is 0 Å². The molecular weight excluding hydrogens is 291 g/mol. The number of nitrogen functional groups attached to an aromatic ring is 1. The van der Waals surface area contributed by atoms with Gasteiger partial charge in [-0.25, -0.2) is 0 Å². The van der Waals surface area contributed by atoms with E-state index in [-0.39, 0.29) is 11.4 Å². The maximum absolute atomic E-state index is 12.9. The van der Waals surface area contributed by atoms with Crippen molar-refractivity contribution in [3.05, 3.63) is 53.1 Å². The largest absolute Gasteiger partial charge is 0.457 e. The molecule has 2 aromatic rings. The Balaban J connectivity index is 2.37. The number of anilines is 1. The summed E-state index contributed by atoms with van der Waals surface area (Å²) in [7, 11) is 0. The SMILES string of the molecule is Cc1ccc(C(C)C)cc1Oc1ccc(N)c(C(F)(F)F)c1. The van der Waals surface area contributed by atoms with Gasteiger partial charge in [-0.1, -0.05) is 26.0 Å². The fraction of sp³-hybridized carbons (Fsp3) is 0.294. The van der Waals surface area contributed by atoms with E-state index < -0.39 is 11.7 Å². The number of ether oxygens (including phenoxy) is 1. The van der Waals surface area contributed by atoms with Gasteiger partial charge in [-0.15, -0.1) is 0 Å². The minimum absolute atomic E-state index is 0.116. The first-order valence-corrected chi connectivity index (χ1v) is 6.93. The van der Waals surface area contributed by atoms with Crippen molar-refractivity contribution < 1.29 is 17.9 Å². The van der Waals surface area contributed by atoms with Crippen molar-refractivity contribution in [1.82, 2.24) is 0 Å². The third-order valence-corrected chi connectivity index (χ3v) is 3.44. The fourth-order valence-corrected chi connectivity index (χ4v) is 2.06. The Morgan fingerprint density at radius 1 is 1.05 bits per heavy atom. The van der Waals surface area contributed by atoms with Crippen molar-refractivity contribution in [3.8, 4) is 11.5 Å². The van der Waals surface area contributed by atoms with Crippen LogP contribution < -0.4 is 10.5 Å². The molecule has 0 atom stereocenters. The van der Waals surface area contributed by atoms with Gasteiger partial charge in [-0.2, -0.15) is 13.2 Å². The van der Waals surface area contributed by atoms with Crippen LogP contribution in [0.2, 0.25) is 0 Å². The summed E-state index contributed by atoms with van der Waals surface area (Å²) >= 11 is 0. The molecule has 2 nitrogen and oxygen atoms in total. The van der Waals surface area contributed by atoms with E-state index in [4.69, 9.17) is 10.5 Å². The molecule has 0 radical (unpaired) electrons. The number of halogens is 3. The van der Waals surface area contributed by atoms with Gasteiger partial charge in [0.15, 0.2) is 0 Å². The zero-order chi connectivity index (χ0) is 16.5. The molecule has 0 fully saturated rings. The number of rotatable bonds is 3. The van der Waals surface area contributed by atoms with Crippen molar-refractivity contribution in [1.29, 1.82) is 0 Å². The second-order valence-electron chi connectivity index (χ2n) is 5.53. The molecule has 2 rings (SSSR count). The predicted molar refractivity (Wildman–Crippen MR) is 81.2 cm³/mol. The third-order valence-electron chi connectivity index (χ3n) is 3.44. The summed E-state index contributed by atoms with van der Waals surface area (Å²) in [6.45, 7) is 5.93. The highest BCUT2D eigenvalue weighted by molar-refractivity contribution is 5.53. The lowest BCUT2D eigenvalue weighted by molar-refractivity contribution is -0.137. The number of hydrogen-bond acceptors (Lipinski definition) is 2. The summed E-state index contributed by atoms with van der Waals surface area (Å²) in [5, 5.41) is 0. The minimum Gasteiger partial charge on any atom is -0.457 e. The van der Waals surface area contributed by atoms with Crippen LogP contribution in [0.15, 0.2) is 36.4 Å². The number of hydrogen-bond donors (Lipinski definition) is 1.